The van der Waals surface area contributed by atoms with Gasteiger partial charge in [-0.2, -0.15) is 18.4 Å². The molecule has 0 spiro atoms. The number of alkyl halides is 3. The number of halogens is 6. The summed E-state index contributed by atoms with van der Waals surface area (Å²) >= 11 is 12.1. The number of aromatic amines is 1. The minimum atomic E-state index is -5.39. The van der Waals surface area contributed by atoms with Gasteiger partial charge in [0.2, 0.25) is 5.91 Å². The number of hydrogen-bond acceptors (Lipinski definition) is 7. The molecule has 1 atom stereocenters. The summed E-state index contributed by atoms with van der Waals surface area (Å²) in [6.07, 6.45) is -4.00. The van der Waals surface area contributed by atoms with Crippen molar-refractivity contribution in [3.8, 4) is 23.3 Å². The summed E-state index contributed by atoms with van der Waals surface area (Å²) in [5.41, 5.74) is -0.270. The van der Waals surface area contributed by atoms with Gasteiger partial charge in [0.25, 0.3) is 5.91 Å². The maximum absolute atomic E-state index is 15.5. The van der Waals surface area contributed by atoms with Crippen molar-refractivity contribution < 1.29 is 41.4 Å². The van der Waals surface area contributed by atoms with Crippen LogP contribution >= 0.6 is 23.2 Å². The van der Waals surface area contributed by atoms with E-state index >= 15 is 4.39 Å². The van der Waals surface area contributed by atoms with Crippen molar-refractivity contribution >= 4 is 57.6 Å². The normalized spacial score (nSPS) is 14.5. The number of fused-ring (bicyclic) bond motifs is 1. The first-order valence-corrected chi connectivity index (χ1v) is 14.2. The van der Waals surface area contributed by atoms with Crippen molar-refractivity contribution in [2.24, 2.45) is 0 Å². The quantitative estimate of drug-likeness (QED) is 0.125. The highest BCUT2D eigenvalue weighted by atomic mass is 35.5. The van der Waals surface area contributed by atoms with Gasteiger partial charge in [-0.15, -0.1) is 0 Å². The second-order valence-electron chi connectivity index (χ2n) is 10.0. The Balaban J connectivity index is 1.41. The van der Waals surface area contributed by atoms with Gasteiger partial charge in [-0.25, -0.2) is 9.18 Å². The maximum Gasteiger partial charge on any atom is 0.491 e. The predicted molar refractivity (Wildman–Crippen MR) is 158 cm³/mol. The summed E-state index contributed by atoms with van der Waals surface area (Å²) in [6, 6.07) is 12.0. The molecule has 4 aromatic rings. The van der Waals surface area contributed by atoms with Crippen LogP contribution in [0.1, 0.15) is 34.5 Å². The van der Waals surface area contributed by atoms with Crippen molar-refractivity contribution in [1.82, 2.24) is 15.6 Å². The van der Waals surface area contributed by atoms with Gasteiger partial charge in [-0.1, -0.05) is 29.3 Å². The third-order valence-corrected chi connectivity index (χ3v) is 7.35. The Morgan fingerprint density at radius 3 is 2.54 bits per heavy atom. The van der Waals surface area contributed by atoms with E-state index in [0.29, 0.717) is 13.0 Å². The average Bonchev–Trinajstić information content (AvgIpc) is 3.67. The van der Waals surface area contributed by atoms with Crippen molar-refractivity contribution in [1.29, 1.82) is 5.26 Å². The fourth-order valence-electron chi connectivity index (χ4n) is 4.67. The molecule has 4 N–H and O–H groups in total. The maximum atomic E-state index is 15.5. The van der Waals surface area contributed by atoms with Gasteiger partial charge in [0.15, 0.2) is 17.3 Å². The molecule has 1 aliphatic heterocycles. The Kier molecular flexibility index (Phi) is 9.38. The Morgan fingerprint density at radius 1 is 1.07 bits per heavy atom. The molecule has 1 fully saturated rings. The molecule has 1 aliphatic rings. The number of esters is 1. The number of carbonyl (C=O) groups is 3. The standard InChI is InChI=1S/C30H21Cl2F4N5O5/c31-16-8-14(12-37)9-18(10-16)45-26-20(32)5-3-15(23(26)33)13-39-28(43)24-25(46-29(44)30(34,35)36)19-11-17(4-6-21(19)41-24)40-27(42)22-2-1-7-38-22/h3-6,8-11,22,38,41H,1-2,7,13H2,(H,39,43)(H,40,42)/t22-/m1/s1. The van der Waals surface area contributed by atoms with Crippen molar-refractivity contribution in [3.63, 3.8) is 0 Å². The smallest absolute Gasteiger partial charge is 0.453 e. The third-order valence-electron chi connectivity index (χ3n) is 6.84. The molecule has 0 aliphatic carbocycles. The summed E-state index contributed by atoms with van der Waals surface area (Å²) in [4.78, 5) is 40.2. The predicted octanol–water partition coefficient (Wildman–Crippen LogP) is 6.37. The monoisotopic (exact) mass is 677 g/mol. The van der Waals surface area contributed by atoms with E-state index in [1.54, 1.807) is 0 Å². The first-order chi connectivity index (χ1) is 21.8. The second-order valence-corrected chi connectivity index (χ2v) is 10.9. The molecular formula is C30H21Cl2F4N5O5. The number of nitrogens with zero attached hydrogens (tertiary/aromatic N) is 1. The van der Waals surface area contributed by atoms with E-state index in [1.807, 2.05) is 6.07 Å². The topological polar surface area (TPSA) is 145 Å². The molecule has 1 aromatic heterocycles. The zero-order valence-corrected chi connectivity index (χ0v) is 24.8. The van der Waals surface area contributed by atoms with Gasteiger partial charge in [0.1, 0.15) is 11.4 Å². The van der Waals surface area contributed by atoms with Crippen LogP contribution in [0, 0.1) is 17.1 Å². The molecule has 5 rings (SSSR count). The molecule has 2 amide bonds. The van der Waals surface area contributed by atoms with E-state index in [4.69, 9.17) is 33.2 Å². The lowest BCUT2D eigenvalue weighted by Gasteiger charge is -2.13. The number of anilines is 1. The van der Waals surface area contributed by atoms with Crippen LogP contribution in [0.25, 0.3) is 10.9 Å². The summed E-state index contributed by atoms with van der Waals surface area (Å²) in [5, 5.41) is 17.1. The summed E-state index contributed by atoms with van der Waals surface area (Å²) < 4.78 is 65.1. The molecule has 10 nitrogen and oxygen atoms in total. The molecule has 0 radical (unpaired) electrons. The summed E-state index contributed by atoms with van der Waals surface area (Å²) in [7, 11) is 0. The zero-order chi connectivity index (χ0) is 33.2. The first kappa shape index (κ1) is 32.6. The molecule has 3 aromatic carbocycles. The Labute approximate surface area is 267 Å². The van der Waals surface area contributed by atoms with E-state index in [9.17, 15) is 27.6 Å². The fraction of sp³-hybridized carbons (Fsp3) is 0.200. The highest BCUT2D eigenvalue weighted by Gasteiger charge is 2.42. The van der Waals surface area contributed by atoms with E-state index in [2.05, 4.69) is 25.7 Å². The first-order valence-electron chi connectivity index (χ1n) is 13.5. The molecule has 0 saturated carbocycles. The number of carbonyl (C=O) groups excluding carboxylic acids is 3. The van der Waals surface area contributed by atoms with Crippen LogP contribution in [0.2, 0.25) is 10.0 Å². The van der Waals surface area contributed by atoms with Gasteiger partial charge >= 0.3 is 12.1 Å². The SMILES string of the molecule is N#Cc1cc(Cl)cc(Oc2c(Cl)ccc(CNC(=O)c3[nH]c4ccc(NC(=O)[C@H]5CCCN5)cc4c3OC(=O)C(F)(F)F)c2F)c1. The number of aromatic nitrogens is 1. The zero-order valence-electron chi connectivity index (χ0n) is 23.3. The van der Waals surface area contributed by atoms with Crippen molar-refractivity contribution in [2.75, 3.05) is 11.9 Å². The Hall–Kier alpha value is -4.84. The minimum absolute atomic E-state index is 0.00954. The number of hydrogen-bond donors (Lipinski definition) is 4. The molecule has 0 bridgehead atoms. The highest BCUT2D eigenvalue weighted by molar-refractivity contribution is 6.32. The molecule has 1 saturated heterocycles. The van der Waals surface area contributed by atoms with Gasteiger partial charge in [-0.3, -0.25) is 9.59 Å². The average molecular weight is 678 g/mol. The van der Waals surface area contributed by atoms with E-state index < -0.39 is 53.6 Å². The van der Waals surface area contributed by atoms with Crippen LogP contribution in [0.15, 0.2) is 48.5 Å². The molecular weight excluding hydrogens is 657 g/mol. The lowest BCUT2D eigenvalue weighted by Crippen LogP contribution is -2.35. The van der Waals surface area contributed by atoms with Crippen LogP contribution in [0.5, 0.6) is 17.2 Å². The number of nitriles is 1. The third kappa shape index (κ3) is 7.17. The lowest BCUT2D eigenvalue weighted by atomic mass is 10.1. The molecule has 0 unspecified atom stereocenters. The number of amides is 2. The molecule has 2 heterocycles. The molecule has 46 heavy (non-hydrogen) atoms. The summed E-state index contributed by atoms with van der Waals surface area (Å²) in [5.74, 6) is -6.16. The van der Waals surface area contributed by atoms with Gasteiger partial charge in [0, 0.05) is 28.2 Å². The molecule has 16 heteroatoms. The van der Waals surface area contributed by atoms with Gasteiger partial charge in [-0.05, 0) is 61.9 Å². The number of H-pyrrole nitrogens is 1. The molecule has 238 valence electrons. The summed E-state index contributed by atoms with van der Waals surface area (Å²) in [6.45, 7) is 0.152. The van der Waals surface area contributed by atoms with Gasteiger partial charge < -0.3 is 30.4 Å². The largest absolute Gasteiger partial charge is 0.491 e. The van der Waals surface area contributed by atoms with E-state index in [0.717, 1.165) is 6.42 Å². The van der Waals surface area contributed by atoms with Crippen LogP contribution in [-0.4, -0.2) is 41.5 Å². The van der Waals surface area contributed by atoms with Crippen LogP contribution in [0.3, 0.4) is 0 Å². The van der Waals surface area contributed by atoms with E-state index in [1.165, 1.54) is 48.5 Å². The van der Waals surface area contributed by atoms with Crippen LogP contribution in [-0.2, 0) is 16.1 Å². The minimum Gasteiger partial charge on any atom is -0.453 e. The van der Waals surface area contributed by atoms with Crippen LogP contribution < -0.4 is 25.4 Å². The number of ether oxygens (including phenoxy) is 2. The second kappa shape index (κ2) is 13.3. The van der Waals surface area contributed by atoms with E-state index in [-0.39, 0.29) is 49.4 Å². The van der Waals surface area contributed by atoms with Gasteiger partial charge in [0.05, 0.1) is 28.2 Å². The Bertz CT molecular complexity index is 1900. The van der Waals surface area contributed by atoms with Crippen molar-refractivity contribution in [3.05, 3.63) is 81.2 Å². The fourth-order valence-corrected chi connectivity index (χ4v) is 5.08. The van der Waals surface area contributed by atoms with Crippen molar-refractivity contribution in [2.45, 2.75) is 31.6 Å². The number of rotatable bonds is 8. The van der Waals surface area contributed by atoms with Crippen LogP contribution in [0.4, 0.5) is 23.2 Å². The Morgan fingerprint density at radius 2 is 1.85 bits per heavy atom. The number of nitrogens with one attached hydrogen (secondary N) is 4. The number of benzene rings is 3. The lowest BCUT2D eigenvalue weighted by molar-refractivity contribution is -0.189. The highest BCUT2D eigenvalue weighted by Crippen LogP contribution is 2.36.